The Bertz CT molecular complexity index is 1410. The molecule has 0 bridgehead atoms. The van der Waals surface area contributed by atoms with E-state index >= 15 is 0 Å². The van der Waals surface area contributed by atoms with Crippen molar-refractivity contribution in [1.29, 1.82) is 0 Å². The molecule has 0 aliphatic carbocycles. The predicted octanol–water partition coefficient (Wildman–Crippen LogP) is 15.1. The largest absolute Gasteiger partial charge is 0.462 e. The Labute approximate surface area is 415 Å². The fourth-order valence-corrected chi connectivity index (χ4v) is 9.67. The molecule has 0 spiro atoms. The molecule has 2 aliphatic heterocycles. The van der Waals surface area contributed by atoms with Gasteiger partial charge >= 0.3 is 11.9 Å². The van der Waals surface area contributed by atoms with Gasteiger partial charge in [-0.2, -0.15) is 0 Å². The van der Waals surface area contributed by atoms with Crippen LogP contribution < -0.4 is 5.32 Å². The Morgan fingerprint density at radius 3 is 1.57 bits per heavy atom. The summed E-state index contributed by atoms with van der Waals surface area (Å²) in [7, 11) is 0. The highest BCUT2D eigenvalue weighted by Gasteiger charge is 2.54. The number of benzene rings is 1. The highest BCUT2D eigenvalue weighted by atomic mass is 16.8. The molecule has 1 amide bonds. The number of unbranched alkanes of at least 4 members (excludes halogenated alkanes) is 28. The molecular formula is C58H101NO9. The van der Waals surface area contributed by atoms with E-state index in [0.717, 1.165) is 63.4 Å². The van der Waals surface area contributed by atoms with Crippen LogP contribution in [0.1, 0.15) is 265 Å². The van der Waals surface area contributed by atoms with E-state index in [1.807, 2.05) is 44.2 Å². The lowest BCUT2D eigenvalue weighted by Crippen LogP contribution is -2.69. The number of carbonyl (C=O) groups excluding carboxylic acids is 3. The molecule has 10 nitrogen and oxygen atoms in total. The molecule has 2 aliphatic rings. The zero-order valence-electron chi connectivity index (χ0n) is 44.2. The standard InChI is InChI=1S/C58H101NO9/c1-6-9-12-15-18-21-23-26-29-32-38-43-52(61)65-49(42-37-31-28-25-20-17-14-11-8-3)45-51(60)59-54-56(67-53(62)44-39-33-30-27-24-22-19-16-13-10-7-2)55-50(47-64-58(4,5)68-55)66-57(54)63-46-48-40-35-34-36-41-48/h34-36,40-41,49-50,54-57H,6-33,37-39,42-47H2,1-5H3,(H,59,60)/t49-,50-,54-,55-,56-,57-/m1/s1. The van der Waals surface area contributed by atoms with Gasteiger partial charge in [-0.25, -0.2) is 0 Å². The maximum absolute atomic E-state index is 14.3. The average molecular weight is 956 g/mol. The van der Waals surface area contributed by atoms with Crippen LogP contribution in [0.4, 0.5) is 0 Å². The number of nitrogens with one attached hydrogen (secondary N) is 1. The van der Waals surface area contributed by atoms with Crippen LogP contribution in [-0.4, -0.2) is 67.0 Å². The number of fused-ring (bicyclic) bond motifs is 1. The number of hydrogen-bond donors (Lipinski definition) is 1. The summed E-state index contributed by atoms with van der Waals surface area (Å²) in [5, 5.41) is 3.18. The first-order chi connectivity index (χ1) is 33.2. The Balaban J connectivity index is 1.67. The molecule has 68 heavy (non-hydrogen) atoms. The summed E-state index contributed by atoms with van der Waals surface area (Å²) >= 11 is 0. The van der Waals surface area contributed by atoms with Crippen molar-refractivity contribution in [2.75, 3.05) is 6.61 Å². The number of esters is 2. The highest BCUT2D eigenvalue weighted by molar-refractivity contribution is 5.78. The summed E-state index contributed by atoms with van der Waals surface area (Å²) in [6, 6.07) is 8.91. The van der Waals surface area contributed by atoms with E-state index in [2.05, 4.69) is 26.1 Å². The van der Waals surface area contributed by atoms with E-state index < -0.39 is 42.5 Å². The van der Waals surface area contributed by atoms with Crippen LogP contribution in [0.15, 0.2) is 30.3 Å². The number of ether oxygens (including phenoxy) is 6. The smallest absolute Gasteiger partial charge is 0.306 e. The maximum Gasteiger partial charge on any atom is 0.306 e. The Hall–Kier alpha value is -2.53. The second-order valence-corrected chi connectivity index (χ2v) is 20.7. The number of rotatable bonds is 42. The van der Waals surface area contributed by atoms with Gasteiger partial charge in [0.15, 0.2) is 18.2 Å². The van der Waals surface area contributed by atoms with Crippen LogP contribution in [-0.2, 0) is 49.4 Å². The van der Waals surface area contributed by atoms with Crippen molar-refractivity contribution in [2.24, 2.45) is 0 Å². The zero-order valence-corrected chi connectivity index (χ0v) is 44.2. The first-order valence-corrected chi connectivity index (χ1v) is 28.5. The lowest BCUT2D eigenvalue weighted by molar-refractivity contribution is -0.370. The fourth-order valence-electron chi connectivity index (χ4n) is 9.67. The van der Waals surface area contributed by atoms with E-state index in [1.165, 1.54) is 141 Å². The zero-order chi connectivity index (χ0) is 48.9. The minimum atomic E-state index is -0.965. The van der Waals surface area contributed by atoms with Gasteiger partial charge in [0, 0.05) is 12.8 Å². The second-order valence-electron chi connectivity index (χ2n) is 20.7. The van der Waals surface area contributed by atoms with Gasteiger partial charge in [0.2, 0.25) is 5.91 Å². The minimum absolute atomic E-state index is 0.00805. The van der Waals surface area contributed by atoms with Crippen LogP contribution >= 0.6 is 0 Å². The van der Waals surface area contributed by atoms with E-state index in [-0.39, 0.29) is 43.9 Å². The average Bonchev–Trinajstić information content (AvgIpc) is 3.32. The molecule has 2 fully saturated rings. The summed E-state index contributed by atoms with van der Waals surface area (Å²) in [5.74, 6) is -1.85. The van der Waals surface area contributed by atoms with Crippen molar-refractivity contribution < 1.29 is 42.8 Å². The molecule has 0 aromatic heterocycles. The van der Waals surface area contributed by atoms with Gasteiger partial charge in [0.25, 0.3) is 0 Å². The third-order valence-corrected chi connectivity index (χ3v) is 13.8. The van der Waals surface area contributed by atoms with Gasteiger partial charge in [-0.05, 0) is 45.1 Å². The number of hydrogen-bond acceptors (Lipinski definition) is 9. The maximum atomic E-state index is 14.3. The van der Waals surface area contributed by atoms with E-state index in [4.69, 9.17) is 28.4 Å². The van der Waals surface area contributed by atoms with Gasteiger partial charge in [-0.15, -0.1) is 0 Å². The SMILES string of the molecule is CCCCCCCCCCCCCC(=O)O[C@H](CCCCCCCCCCC)CC(=O)N[C@H]1[C@H](OCc2ccccc2)O[C@@H]2COC(C)(C)O[C@H]2[C@@H]1OC(=O)CCCCCCCCCCCCC. The molecule has 1 N–H and O–H groups in total. The third kappa shape index (κ3) is 27.8. The summed E-state index contributed by atoms with van der Waals surface area (Å²) in [4.78, 5) is 41.4. The van der Waals surface area contributed by atoms with E-state index in [1.54, 1.807) is 0 Å². The van der Waals surface area contributed by atoms with Crippen molar-refractivity contribution in [2.45, 2.75) is 308 Å². The summed E-state index contributed by atoms with van der Waals surface area (Å²) in [6.07, 6.45) is 34.5. The van der Waals surface area contributed by atoms with Crippen LogP contribution in [0.3, 0.4) is 0 Å². The quantitative estimate of drug-likeness (QED) is 0.0505. The van der Waals surface area contributed by atoms with Crippen molar-refractivity contribution in [1.82, 2.24) is 5.32 Å². The van der Waals surface area contributed by atoms with Crippen molar-refractivity contribution in [3.8, 4) is 0 Å². The van der Waals surface area contributed by atoms with Gasteiger partial charge in [-0.1, -0.05) is 231 Å². The highest BCUT2D eigenvalue weighted by Crippen LogP contribution is 2.35. The molecule has 0 radical (unpaired) electrons. The van der Waals surface area contributed by atoms with Gasteiger partial charge in [-0.3, -0.25) is 14.4 Å². The molecule has 1 aromatic carbocycles. The van der Waals surface area contributed by atoms with Gasteiger partial charge < -0.3 is 33.7 Å². The molecule has 2 heterocycles. The first kappa shape index (κ1) is 59.8. The predicted molar refractivity (Wildman–Crippen MR) is 275 cm³/mol. The van der Waals surface area contributed by atoms with Crippen LogP contribution in [0.2, 0.25) is 0 Å². The topological polar surface area (TPSA) is 119 Å². The van der Waals surface area contributed by atoms with E-state index in [9.17, 15) is 14.4 Å². The monoisotopic (exact) mass is 956 g/mol. The van der Waals surface area contributed by atoms with Crippen LogP contribution in [0.5, 0.6) is 0 Å². The summed E-state index contributed by atoms with van der Waals surface area (Å²) < 4.78 is 38.0. The molecular weight excluding hydrogens is 855 g/mol. The van der Waals surface area contributed by atoms with Crippen molar-refractivity contribution in [3.05, 3.63) is 35.9 Å². The minimum Gasteiger partial charge on any atom is -0.462 e. The normalized spacial score (nSPS) is 20.4. The number of amides is 1. The lowest BCUT2D eigenvalue weighted by Gasteiger charge is -2.50. The third-order valence-electron chi connectivity index (χ3n) is 13.8. The summed E-state index contributed by atoms with van der Waals surface area (Å²) in [5.41, 5.74) is 0.941. The van der Waals surface area contributed by atoms with Crippen LogP contribution in [0.25, 0.3) is 0 Å². The molecule has 6 atom stereocenters. The fraction of sp³-hybridized carbons (Fsp3) is 0.845. The van der Waals surface area contributed by atoms with E-state index in [0.29, 0.717) is 12.8 Å². The molecule has 392 valence electrons. The molecule has 1 aromatic rings. The molecule has 10 heteroatoms. The van der Waals surface area contributed by atoms with Crippen molar-refractivity contribution >= 4 is 17.8 Å². The molecule has 0 saturated carbocycles. The Morgan fingerprint density at radius 2 is 1.07 bits per heavy atom. The molecule has 0 unspecified atom stereocenters. The number of carbonyl (C=O) groups is 3. The summed E-state index contributed by atoms with van der Waals surface area (Å²) in [6.45, 7) is 10.9. The van der Waals surface area contributed by atoms with Crippen LogP contribution in [0, 0.1) is 0 Å². The second kappa shape index (κ2) is 38.2. The van der Waals surface area contributed by atoms with Gasteiger partial charge in [0.05, 0.1) is 19.6 Å². The Kier molecular flexibility index (Phi) is 33.6. The lowest BCUT2D eigenvalue weighted by atomic mass is 9.94. The molecule has 3 rings (SSSR count). The Morgan fingerprint density at radius 1 is 0.618 bits per heavy atom. The first-order valence-electron chi connectivity index (χ1n) is 28.5. The van der Waals surface area contributed by atoms with Crippen molar-refractivity contribution in [3.63, 3.8) is 0 Å². The molecule has 2 saturated heterocycles. The van der Waals surface area contributed by atoms with Gasteiger partial charge in [0.1, 0.15) is 24.4 Å².